The maximum absolute atomic E-state index is 6.80. The second kappa shape index (κ2) is 21.4. The van der Waals surface area contributed by atoms with Crippen molar-refractivity contribution in [3.63, 3.8) is 0 Å². The third-order valence-corrected chi connectivity index (χ3v) is 20.3. The molecule has 0 atom stereocenters. The minimum absolute atomic E-state index is 0.173. The Labute approximate surface area is 547 Å². The molecule has 4 nitrogen and oxygen atoms in total. The Morgan fingerprint density at radius 1 is 0.234 bits per heavy atom. The fourth-order valence-electron chi connectivity index (χ4n) is 15.7. The van der Waals surface area contributed by atoms with Crippen LogP contribution in [0, 0.1) is 0 Å². The quantitative estimate of drug-likeness (QED) is 0.129. The van der Waals surface area contributed by atoms with Crippen molar-refractivity contribution >= 4 is 78.0 Å². The van der Waals surface area contributed by atoms with Gasteiger partial charge in [0.1, 0.15) is 22.3 Å². The summed E-state index contributed by atoms with van der Waals surface area (Å²) in [6.45, 7) is 9.43. The second-order valence-corrected chi connectivity index (χ2v) is 26.3. The number of hydrogen-bond donors (Lipinski definition) is 0. The van der Waals surface area contributed by atoms with Gasteiger partial charge in [0.2, 0.25) is 0 Å². The molecule has 0 fully saturated rings. The lowest BCUT2D eigenvalue weighted by Gasteiger charge is -2.29. The predicted octanol–water partition coefficient (Wildman–Crippen LogP) is 25.4. The molecular formula is C90H64N2O2. The third-order valence-electron chi connectivity index (χ3n) is 20.3. The minimum atomic E-state index is -0.173. The zero-order valence-corrected chi connectivity index (χ0v) is 52.7. The van der Waals surface area contributed by atoms with Crippen LogP contribution in [-0.2, 0) is 10.8 Å². The van der Waals surface area contributed by atoms with Crippen molar-refractivity contribution in [1.29, 1.82) is 0 Å². The minimum Gasteiger partial charge on any atom is -0.456 e. The first-order valence-electron chi connectivity index (χ1n) is 32.6. The molecule has 4 heteroatoms. The first kappa shape index (κ1) is 55.1. The molecule has 14 aromatic carbocycles. The fraction of sp³-hybridized carbons (Fsp3) is 0.0667. The molecule has 94 heavy (non-hydrogen) atoms. The van der Waals surface area contributed by atoms with Crippen LogP contribution >= 0.6 is 0 Å². The van der Waals surface area contributed by atoms with E-state index >= 15 is 0 Å². The molecule has 0 aliphatic heterocycles. The highest BCUT2D eigenvalue weighted by Crippen LogP contribution is 2.56. The van der Waals surface area contributed by atoms with Gasteiger partial charge in [-0.1, -0.05) is 240 Å². The molecule has 0 spiro atoms. The lowest BCUT2D eigenvalue weighted by Crippen LogP contribution is -2.16. The van der Waals surface area contributed by atoms with Crippen LogP contribution in [0.5, 0.6) is 0 Å². The predicted molar refractivity (Wildman–Crippen MR) is 393 cm³/mol. The van der Waals surface area contributed by atoms with Gasteiger partial charge in [-0.3, -0.25) is 0 Å². The van der Waals surface area contributed by atoms with Gasteiger partial charge in [0.05, 0.1) is 5.69 Å². The second-order valence-electron chi connectivity index (χ2n) is 26.3. The molecule has 2 aliphatic rings. The van der Waals surface area contributed by atoms with Crippen LogP contribution < -0.4 is 9.80 Å². The Hall–Kier alpha value is -11.7. The van der Waals surface area contributed by atoms with E-state index in [1.54, 1.807) is 0 Å². The zero-order valence-electron chi connectivity index (χ0n) is 52.7. The van der Waals surface area contributed by atoms with Crippen LogP contribution in [0.15, 0.2) is 324 Å². The summed E-state index contributed by atoms with van der Waals surface area (Å²) < 4.78 is 13.6. The summed E-state index contributed by atoms with van der Waals surface area (Å²) in [7, 11) is 0. The highest BCUT2D eigenvalue weighted by atomic mass is 16.3. The number of benzene rings is 14. The SMILES string of the molecule is CC1(C)c2ccccc2-c2ccc(N(c3ccc(-c4ccccc4)cc3)c3ccc(-c4c(-c5ccc6oc7ccccc7c6c5-c5ccc(N(c6ccc(-c7ccccc7)cc6)c6cccc7c6-c6ccccc6C7(C)C)cc5)ccc5oc6ccccc6c45)cc3)cc21. The average molecular weight is 1210 g/mol. The Kier molecular flexibility index (Phi) is 12.6. The molecular weight excluding hydrogens is 1140 g/mol. The van der Waals surface area contributed by atoms with Crippen LogP contribution in [0.2, 0.25) is 0 Å². The lowest BCUT2D eigenvalue weighted by molar-refractivity contribution is 0.660. The van der Waals surface area contributed by atoms with Crippen molar-refractivity contribution in [3.8, 4) is 77.9 Å². The van der Waals surface area contributed by atoms with Crippen molar-refractivity contribution in [1.82, 2.24) is 0 Å². The van der Waals surface area contributed by atoms with Gasteiger partial charge in [-0.05, 0) is 187 Å². The Morgan fingerprint density at radius 3 is 1.13 bits per heavy atom. The van der Waals surface area contributed by atoms with E-state index in [2.05, 4.69) is 353 Å². The van der Waals surface area contributed by atoms with Crippen molar-refractivity contribution in [2.45, 2.75) is 38.5 Å². The van der Waals surface area contributed by atoms with Crippen molar-refractivity contribution in [2.75, 3.05) is 9.80 Å². The van der Waals surface area contributed by atoms with Gasteiger partial charge in [0, 0.05) is 77.5 Å². The fourth-order valence-corrected chi connectivity index (χ4v) is 15.7. The number of fused-ring (bicyclic) bond motifs is 12. The number of rotatable bonds is 11. The highest BCUT2D eigenvalue weighted by Gasteiger charge is 2.39. The highest BCUT2D eigenvalue weighted by molar-refractivity contribution is 6.20. The maximum Gasteiger partial charge on any atom is 0.136 e. The zero-order chi connectivity index (χ0) is 62.8. The normalized spacial score (nSPS) is 13.3. The Morgan fingerprint density at radius 2 is 0.606 bits per heavy atom. The number of para-hydroxylation sites is 2. The van der Waals surface area contributed by atoms with Gasteiger partial charge in [-0.2, -0.15) is 0 Å². The molecule has 16 aromatic rings. The summed E-state index contributed by atoms with van der Waals surface area (Å²) in [6, 6.07) is 115. The molecule has 0 saturated heterocycles. The van der Waals surface area contributed by atoms with E-state index in [4.69, 9.17) is 8.83 Å². The number of furan rings is 2. The molecule has 0 amide bonds. The summed E-state index contributed by atoms with van der Waals surface area (Å²) in [6.07, 6.45) is 0. The van der Waals surface area contributed by atoms with Crippen LogP contribution in [0.25, 0.3) is 122 Å². The van der Waals surface area contributed by atoms with Gasteiger partial charge in [-0.25, -0.2) is 0 Å². The van der Waals surface area contributed by atoms with Crippen molar-refractivity contribution < 1.29 is 8.83 Å². The molecule has 0 bridgehead atoms. The van der Waals surface area contributed by atoms with E-state index in [0.717, 1.165) is 111 Å². The number of hydrogen-bond acceptors (Lipinski definition) is 4. The van der Waals surface area contributed by atoms with E-state index < -0.39 is 0 Å². The lowest BCUT2D eigenvalue weighted by atomic mass is 9.82. The molecule has 446 valence electrons. The van der Waals surface area contributed by atoms with E-state index in [1.165, 1.54) is 66.8 Å². The van der Waals surface area contributed by atoms with Gasteiger partial charge >= 0.3 is 0 Å². The summed E-state index contributed by atoms with van der Waals surface area (Å²) in [5.41, 5.74) is 31.3. The first-order chi connectivity index (χ1) is 46.1. The summed E-state index contributed by atoms with van der Waals surface area (Å²) in [5, 5.41) is 4.27. The van der Waals surface area contributed by atoms with E-state index in [1.807, 2.05) is 0 Å². The van der Waals surface area contributed by atoms with Crippen LogP contribution in [-0.4, -0.2) is 0 Å². The molecule has 0 radical (unpaired) electrons. The Bertz CT molecular complexity index is 5640. The molecule has 2 aromatic heterocycles. The first-order valence-corrected chi connectivity index (χ1v) is 32.6. The smallest absolute Gasteiger partial charge is 0.136 e. The summed E-state index contributed by atoms with van der Waals surface area (Å²) in [5.74, 6) is 0. The van der Waals surface area contributed by atoms with Gasteiger partial charge < -0.3 is 18.6 Å². The van der Waals surface area contributed by atoms with Crippen molar-refractivity contribution in [3.05, 3.63) is 338 Å². The third kappa shape index (κ3) is 8.67. The summed E-state index contributed by atoms with van der Waals surface area (Å²) in [4.78, 5) is 4.87. The average Bonchev–Trinajstić information content (AvgIpc) is 1.53. The largest absolute Gasteiger partial charge is 0.456 e. The molecule has 18 rings (SSSR count). The van der Waals surface area contributed by atoms with Crippen LogP contribution in [0.4, 0.5) is 34.1 Å². The molecule has 0 unspecified atom stereocenters. The summed E-state index contributed by atoms with van der Waals surface area (Å²) >= 11 is 0. The molecule has 2 heterocycles. The van der Waals surface area contributed by atoms with Gasteiger partial charge in [-0.15, -0.1) is 0 Å². The van der Waals surface area contributed by atoms with E-state index in [9.17, 15) is 0 Å². The van der Waals surface area contributed by atoms with Crippen LogP contribution in [0.1, 0.15) is 49.9 Å². The molecule has 0 N–H and O–H groups in total. The van der Waals surface area contributed by atoms with Crippen molar-refractivity contribution in [2.24, 2.45) is 0 Å². The number of nitrogens with zero attached hydrogens (tertiary/aromatic N) is 2. The number of anilines is 6. The monoisotopic (exact) mass is 1200 g/mol. The van der Waals surface area contributed by atoms with E-state index in [0.29, 0.717) is 0 Å². The van der Waals surface area contributed by atoms with Gasteiger partial charge in [0.15, 0.2) is 0 Å². The molecule has 0 saturated carbocycles. The van der Waals surface area contributed by atoms with Gasteiger partial charge in [0.25, 0.3) is 0 Å². The molecule has 2 aliphatic carbocycles. The maximum atomic E-state index is 6.80. The standard InChI is InChI=1S/C90H64N2O2/c1-89(2)76-29-16-12-25-72(76)86-77(89)30-19-31-79(86)92(65-44-36-60(37-45-65)58-22-9-6-10-23-58)66-48-40-62(41-49-66)85-71(53-55-83-88(85)74-27-14-18-33-81(74)94-83)70-52-54-82-87(73-26-13-17-32-80(73)93-82)84(70)61-38-46-64(47-39-61)91(63-42-34-59(35-43-63)57-20-7-5-8-21-57)67-50-51-69-68-24-11-15-28-75(68)90(3,4)78(69)56-67/h5-56H,1-4H3. The topological polar surface area (TPSA) is 32.8 Å². The van der Waals surface area contributed by atoms with Crippen LogP contribution in [0.3, 0.4) is 0 Å². The Balaban J connectivity index is 0.812. The van der Waals surface area contributed by atoms with E-state index in [-0.39, 0.29) is 10.8 Å².